The molecule has 0 N–H and O–H groups in total. The van der Waals surface area contributed by atoms with Gasteiger partial charge in [-0.05, 0) is 36.7 Å². The van der Waals surface area contributed by atoms with E-state index in [1.165, 1.54) is 0 Å². The summed E-state index contributed by atoms with van der Waals surface area (Å²) in [4.78, 5) is 28.1. The number of piperazine rings is 1. The van der Waals surface area contributed by atoms with Crippen molar-refractivity contribution in [2.45, 2.75) is 32.9 Å². The van der Waals surface area contributed by atoms with E-state index in [0.717, 1.165) is 54.5 Å². The first kappa shape index (κ1) is 21.3. The van der Waals surface area contributed by atoms with Gasteiger partial charge >= 0.3 is 6.09 Å². The highest BCUT2D eigenvalue weighted by Crippen LogP contribution is 2.23. The van der Waals surface area contributed by atoms with Gasteiger partial charge in [-0.2, -0.15) is 0 Å². The van der Waals surface area contributed by atoms with Crippen LogP contribution < -0.4 is 4.90 Å². The first-order chi connectivity index (χ1) is 14.3. The lowest BCUT2D eigenvalue weighted by Gasteiger charge is -2.35. The van der Waals surface area contributed by atoms with E-state index in [4.69, 9.17) is 14.5 Å². The predicted molar refractivity (Wildman–Crippen MR) is 117 cm³/mol. The van der Waals surface area contributed by atoms with Crippen molar-refractivity contribution in [2.75, 3.05) is 57.4 Å². The van der Waals surface area contributed by atoms with Gasteiger partial charge in [-0.25, -0.2) is 14.8 Å². The summed E-state index contributed by atoms with van der Waals surface area (Å²) in [5.74, 6) is 0.883. The maximum absolute atomic E-state index is 12.3. The number of carbonyl (C=O) groups excluding carboxylic acids is 1. The van der Waals surface area contributed by atoms with Crippen molar-refractivity contribution in [1.29, 1.82) is 0 Å². The second-order valence-corrected chi connectivity index (χ2v) is 9.51. The van der Waals surface area contributed by atoms with E-state index in [0.29, 0.717) is 26.3 Å². The van der Waals surface area contributed by atoms with Crippen LogP contribution in [0.3, 0.4) is 0 Å². The molecule has 2 aromatic rings. The minimum Gasteiger partial charge on any atom is -0.444 e. The molecule has 4 heterocycles. The van der Waals surface area contributed by atoms with Gasteiger partial charge in [0.25, 0.3) is 0 Å². The van der Waals surface area contributed by atoms with Crippen molar-refractivity contribution in [3.05, 3.63) is 22.7 Å². The van der Waals surface area contributed by atoms with Crippen molar-refractivity contribution in [3.63, 3.8) is 0 Å². The van der Waals surface area contributed by atoms with Gasteiger partial charge in [0.2, 0.25) is 0 Å². The lowest BCUT2D eigenvalue weighted by Crippen LogP contribution is -2.49. The molecule has 0 unspecified atom stereocenters. The Morgan fingerprint density at radius 3 is 2.47 bits per heavy atom. The molecule has 0 aliphatic carbocycles. The maximum Gasteiger partial charge on any atom is 0.410 e. The van der Waals surface area contributed by atoms with Crippen LogP contribution in [0.1, 0.15) is 26.5 Å². The van der Waals surface area contributed by atoms with E-state index in [9.17, 15) is 4.79 Å². The van der Waals surface area contributed by atoms with Gasteiger partial charge in [0.1, 0.15) is 10.2 Å². The van der Waals surface area contributed by atoms with Crippen molar-refractivity contribution < 1.29 is 14.3 Å². The molecule has 2 aromatic heterocycles. The maximum atomic E-state index is 12.3. The number of hydrogen-bond acceptors (Lipinski definition) is 7. The molecule has 30 heavy (non-hydrogen) atoms. The largest absolute Gasteiger partial charge is 0.444 e. The lowest BCUT2D eigenvalue weighted by molar-refractivity contribution is 0.0138. The Kier molecular flexibility index (Phi) is 6.17. The van der Waals surface area contributed by atoms with Crippen molar-refractivity contribution >= 4 is 33.5 Å². The highest BCUT2D eigenvalue weighted by atomic mass is 79.9. The van der Waals surface area contributed by atoms with E-state index in [1.54, 1.807) is 4.90 Å². The predicted octanol–water partition coefficient (Wildman–Crippen LogP) is 2.38. The third kappa shape index (κ3) is 5.04. The Morgan fingerprint density at radius 2 is 1.80 bits per heavy atom. The monoisotopic (exact) mass is 480 g/mol. The second-order valence-electron chi connectivity index (χ2n) is 8.69. The molecule has 2 fully saturated rings. The summed E-state index contributed by atoms with van der Waals surface area (Å²) in [6.45, 7) is 12.4. The Morgan fingerprint density at radius 1 is 1.10 bits per heavy atom. The first-order valence-corrected chi connectivity index (χ1v) is 11.1. The third-order valence-electron chi connectivity index (χ3n) is 5.16. The summed E-state index contributed by atoms with van der Waals surface area (Å²) in [5.41, 5.74) is 1.39. The third-order valence-corrected chi connectivity index (χ3v) is 5.54. The smallest absolute Gasteiger partial charge is 0.410 e. The highest BCUT2D eigenvalue weighted by molar-refractivity contribution is 9.10. The quantitative estimate of drug-likeness (QED) is 0.667. The molecule has 0 bridgehead atoms. The number of anilines is 1. The van der Waals surface area contributed by atoms with Crippen LogP contribution in [0.2, 0.25) is 0 Å². The van der Waals surface area contributed by atoms with Gasteiger partial charge in [-0.1, -0.05) is 0 Å². The van der Waals surface area contributed by atoms with Gasteiger partial charge in [-0.3, -0.25) is 4.90 Å². The number of nitrogens with zero attached hydrogens (tertiary/aromatic N) is 6. The van der Waals surface area contributed by atoms with Crippen LogP contribution in [0.5, 0.6) is 0 Å². The summed E-state index contributed by atoms with van der Waals surface area (Å²) in [5, 5.41) is 0. The molecule has 2 saturated heterocycles. The average Bonchev–Trinajstić information content (AvgIpc) is 3.09. The molecule has 1 amide bonds. The zero-order chi connectivity index (χ0) is 21.3. The molecule has 164 valence electrons. The summed E-state index contributed by atoms with van der Waals surface area (Å²) >= 11 is 3.52. The fraction of sp³-hybridized carbons (Fsp3) is 0.650. The van der Waals surface area contributed by atoms with E-state index < -0.39 is 5.60 Å². The molecule has 10 heteroatoms. The van der Waals surface area contributed by atoms with Crippen LogP contribution in [0.25, 0.3) is 5.65 Å². The van der Waals surface area contributed by atoms with Crippen LogP contribution in [-0.2, 0) is 16.0 Å². The second kappa shape index (κ2) is 8.68. The summed E-state index contributed by atoms with van der Waals surface area (Å²) in [6.07, 6.45) is 3.77. The standard InChI is InChI=1S/C20H29BrN6O3/c1-20(2,3)30-19(28)26-6-4-24(5-7-26)12-15-13-27-14-16(21)23-18(17(27)22-15)25-8-10-29-11-9-25/h13-14H,4-12H2,1-3H3. The number of halogens is 1. The number of rotatable bonds is 3. The fourth-order valence-electron chi connectivity index (χ4n) is 3.71. The van der Waals surface area contributed by atoms with Gasteiger partial charge in [-0.15, -0.1) is 0 Å². The minimum absolute atomic E-state index is 0.235. The number of hydrogen-bond donors (Lipinski definition) is 0. The molecule has 0 spiro atoms. The summed E-state index contributed by atoms with van der Waals surface area (Å²) in [7, 11) is 0. The molecule has 2 aliphatic rings. The molecular formula is C20H29BrN6O3. The SMILES string of the molecule is CC(C)(C)OC(=O)N1CCN(Cc2cn3cc(Br)nc(N4CCOCC4)c3n2)CC1. The number of aromatic nitrogens is 3. The normalized spacial score (nSPS) is 18.8. The number of fused-ring (bicyclic) bond motifs is 1. The van der Waals surface area contributed by atoms with Crippen LogP contribution in [0, 0.1) is 0 Å². The Labute approximate surface area is 185 Å². The molecular weight excluding hydrogens is 452 g/mol. The minimum atomic E-state index is -0.467. The van der Waals surface area contributed by atoms with Gasteiger partial charge in [0.15, 0.2) is 11.5 Å². The van der Waals surface area contributed by atoms with Crippen molar-refractivity contribution in [2.24, 2.45) is 0 Å². The molecule has 0 radical (unpaired) electrons. The molecule has 2 aliphatic heterocycles. The fourth-order valence-corrected chi connectivity index (χ4v) is 4.10. The van der Waals surface area contributed by atoms with Crippen LogP contribution in [0.4, 0.5) is 10.6 Å². The van der Waals surface area contributed by atoms with Crippen molar-refractivity contribution in [1.82, 2.24) is 24.2 Å². The number of carbonyl (C=O) groups is 1. The number of ether oxygens (including phenoxy) is 2. The molecule has 9 nitrogen and oxygen atoms in total. The first-order valence-electron chi connectivity index (χ1n) is 10.4. The summed E-state index contributed by atoms with van der Waals surface area (Å²) < 4.78 is 13.8. The summed E-state index contributed by atoms with van der Waals surface area (Å²) in [6, 6.07) is 0. The Balaban J connectivity index is 1.42. The van der Waals surface area contributed by atoms with Crippen molar-refractivity contribution in [3.8, 4) is 0 Å². The van der Waals surface area contributed by atoms with E-state index in [-0.39, 0.29) is 6.09 Å². The van der Waals surface area contributed by atoms with Crippen LogP contribution in [0.15, 0.2) is 17.0 Å². The zero-order valence-electron chi connectivity index (χ0n) is 17.8. The molecule has 0 saturated carbocycles. The average molecular weight is 481 g/mol. The number of morpholine rings is 1. The van der Waals surface area contributed by atoms with Crippen LogP contribution in [-0.4, -0.2) is 88.3 Å². The highest BCUT2D eigenvalue weighted by Gasteiger charge is 2.26. The topological polar surface area (TPSA) is 75.4 Å². The van der Waals surface area contributed by atoms with E-state index in [2.05, 4.69) is 36.9 Å². The van der Waals surface area contributed by atoms with Crippen LogP contribution >= 0.6 is 15.9 Å². The van der Waals surface area contributed by atoms with E-state index in [1.807, 2.05) is 31.4 Å². The van der Waals surface area contributed by atoms with Gasteiger partial charge < -0.3 is 23.7 Å². The van der Waals surface area contributed by atoms with Gasteiger partial charge in [0.05, 0.1) is 18.9 Å². The Hall–Kier alpha value is -1.91. The molecule has 0 aromatic carbocycles. The number of amides is 1. The number of imidazole rings is 1. The zero-order valence-corrected chi connectivity index (χ0v) is 19.4. The lowest BCUT2D eigenvalue weighted by atomic mass is 10.2. The molecule has 0 atom stereocenters. The molecule has 4 rings (SSSR count). The Bertz CT molecular complexity index is 898. The van der Waals surface area contributed by atoms with Gasteiger partial charge in [0, 0.05) is 58.2 Å². The van der Waals surface area contributed by atoms with E-state index >= 15 is 0 Å².